The lowest BCUT2D eigenvalue weighted by Crippen LogP contribution is -2.23. The second-order valence-electron chi connectivity index (χ2n) is 4.73. The highest BCUT2D eigenvalue weighted by atomic mass is 19.1. The van der Waals surface area contributed by atoms with Crippen LogP contribution in [0.25, 0.3) is 0 Å². The van der Waals surface area contributed by atoms with Gasteiger partial charge in [-0.15, -0.1) is 0 Å². The van der Waals surface area contributed by atoms with Crippen molar-refractivity contribution in [3.8, 4) is 0 Å². The van der Waals surface area contributed by atoms with Gasteiger partial charge in [-0.1, -0.05) is 26.7 Å². The molecular weight excluding hydrogens is 261 g/mol. The zero-order chi connectivity index (χ0) is 15.1. The molecule has 0 bridgehead atoms. The maximum atomic E-state index is 13.2. The van der Waals surface area contributed by atoms with E-state index < -0.39 is 11.8 Å². The van der Waals surface area contributed by atoms with E-state index in [1.54, 1.807) is 0 Å². The summed E-state index contributed by atoms with van der Waals surface area (Å²) in [4.78, 5) is 23.2. The molecule has 0 saturated carbocycles. The quantitative estimate of drug-likeness (QED) is 0.801. The first-order chi connectivity index (χ1) is 9.49. The van der Waals surface area contributed by atoms with Gasteiger partial charge in [0.25, 0.3) is 0 Å². The molecule has 0 fully saturated rings. The van der Waals surface area contributed by atoms with Crippen LogP contribution in [0.2, 0.25) is 0 Å². The molecule has 4 nitrogen and oxygen atoms in total. The second kappa shape index (κ2) is 7.62. The highest BCUT2D eigenvalue weighted by Gasteiger charge is 2.19. The van der Waals surface area contributed by atoms with E-state index in [0.29, 0.717) is 6.42 Å². The Morgan fingerprint density at radius 3 is 2.60 bits per heavy atom. The number of carboxylic acids is 1. The number of nitrogens with one attached hydrogen (secondary N) is 1. The summed E-state index contributed by atoms with van der Waals surface area (Å²) in [5.41, 5.74) is -0.0949. The molecule has 5 heteroatoms. The number of halogens is 1. The predicted molar refractivity (Wildman–Crippen MR) is 75.3 cm³/mol. The number of unbranched alkanes of at least 4 members (excludes halogenated alkanes) is 1. The smallest absolute Gasteiger partial charge is 0.337 e. The molecular formula is C15H20FNO3. The number of carbonyl (C=O) groups excluding carboxylic acids is 1. The maximum absolute atomic E-state index is 13.2. The van der Waals surface area contributed by atoms with Crippen molar-refractivity contribution in [3.05, 3.63) is 29.6 Å². The van der Waals surface area contributed by atoms with Gasteiger partial charge in [0.1, 0.15) is 5.82 Å². The van der Waals surface area contributed by atoms with Crippen molar-refractivity contribution in [3.63, 3.8) is 0 Å². The van der Waals surface area contributed by atoms with Crippen LogP contribution in [0, 0.1) is 11.7 Å². The zero-order valence-electron chi connectivity index (χ0n) is 11.8. The fourth-order valence-electron chi connectivity index (χ4n) is 2.01. The number of anilines is 1. The standard InChI is InChI=1S/C15H20FNO3/c1-3-5-6-10(4-2)14(18)17-13-9-11(16)7-8-12(13)15(19)20/h7-10H,3-6H2,1-2H3,(H,17,18)(H,19,20). The average molecular weight is 281 g/mol. The number of hydrogen-bond donors (Lipinski definition) is 2. The summed E-state index contributed by atoms with van der Waals surface area (Å²) < 4.78 is 13.2. The lowest BCUT2D eigenvalue weighted by molar-refractivity contribution is -0.120. The molecule has 0 aliphatic rings. The lowest BCUT2D eigenvalue weighted by atomic mass is 9.98. The molecule has 1 unspecified atom stereocenters. The highest BCUT2D eigenvalue weighted by molar-refractivity contribution is 6.01. The van der Waals surface area contributed by atoms with Crippen molar-refractivity contribution in [2.75, 3.05) is 5.32 Å². The molecule has 2 N–H and O–H groups in total. The van der Waals surface area contributed by atoms with E-state index in [4.69, 9.17) is 5.11 Å². The Kier molecular flexibility index (Phi) is 6.15. The summed E-state index contributed by atoms with van der Waals surface area (Å²) in [7, 11) is 0. The van der Waals surface area contributed by atoms with Crippen LogP contribution in [0.1, 0.15) is 49.9 Å². The summed E-state index contributed by atoms with van der Waals surface area (Å²) in [6, 6.07) is 3.25. The molecule has 1 amide bonds. The minimum Gasteiger partial charge on any atom is -0.478 e. The molecule has 20 heavy (non-hydrogen) atoms. The van der Waals surface area contributed by atoms with Gasteiger partial charge in [-0.05, 0) is 31.0 Å². The Balaban J connectivity index is 2.88. The van der Waals surface area contributed by atoms with E-state index in [9.17, 15) is 14.0 Å². The van der Waals surface area contributed by atoms with Crippen molar-refractivity contribution in [1.29, 1.82) is 0 Å². The van der Waals surface area contributed by atoms with Gasteiger partial charge >= 0.3 is 5.97 Å². The van der Waals surface area contributed by atoms with Crippen LogP contribution in [0.3, 0.4) is 0 Å². The van der Waals surface area contributed by atoms with E-state index in [-0.39, 0.29) is 23.1 Å². The van der Waals surface area contributed by atoms with Crippen LogP contribution in [0.4, 0.5) is 10.1 Å². The molecule has 110 valence electrons. The summed E-state index contributed by atoms with van der Waals surface area (Å²) in [5.74, 6) is -2.21. The first-order valence-corrected chi connectivity index (χ1v) is 6.83. The van der Waals surface area contributed by atoms with Gasteiger partial charge in [-0.2, -0.15) is 0 Å². The molecule has 0 saturated heterocycles. The molecule has 1 atom stereocenters. The third-order valence-corrected chi connectivity index (χ3v) is 3.24. The molecule has 1 aromatic rings. The number of rotatable bonds is 7. The van der Waals surface area contributed by atoms with Crippen LogP contribution in [-0.4, -0.2) is 17.0 Å². The summed E-state index contributed by atoms with van der Waals surface area (Å²) in [5, 5.41) is 11.6. The molecule has 1 aromatic carbocycles. The van der Waals surface area contributed by atoms with Gasteiger partial charge < -0.3 is 10.4 Å². The molecule has 0 aliphatic heterocycles. The summed E-state index contributed by atoms with van der Waals surface area (Å²) >= 11 is 0. The van der Waals surface area contributed by atoms with E-state index in [1.165, 1.54) is 0 Å². The SMILES string of the molecule is CCCCC(CC)C(=O)Nc1cc(F)ccc1C(=O)O. The molecule has 0 aromatic heterocycles. The highest BCUT2D eigenvalue weighted by Crippen LogP contribution is 2.20. The van der Waals surface area contributed by atoms with Crippen molar-refractivity contribution >= 4 is 17.6 Å². The monoisotopic (exact) mass is 281 g/mol. The van der Waals surface area contributed by atoms with Gasteiger partial charge in [0.2, 0.25) is 5.91 Å². The first kappa shape index (κ1) is 16.1. The van der Waals surface area contributed by atoms with Crippen molar-refractivity contribution in [2.45, 2.75) is 39.5 Å². The number of aromatic carboxylic acids is 1. The molecule has 1 rings (SSSR count). The normalized spacial score (nSPS) is 11.9. The third kappa shape index (κ3) is 4.33. The zero-order valence-corrected chi connectivity index (χ0v) is 11.8. The maximum Gasteiger partial charge on any atom is 0.337 e. The van der Waals surface area contributed by atoms with Gasteiger partial charge in [-0.3, -0.25) is 4.79 Å². The molecule has 0 spiro atoms. The lowest BCUT2D eigenvalue weighted by Gasteiger charge is -2.15. The van der Waals surface area contributed by atoms with Crippen LogP contribution in [-0.2, 0) is 4.79 Å². The van der Waals surface area contributed by atoms with Crippen molar-refractivity contribution in [1.82, 2.24) is 0 Å². The van der Waals surface area contributed by atoms with Gasteiger partial charge in [0.05, 0.1) is 11.3 Å². The number of amides is 1. The Labute approximate surface area is 118 Å². The Hall–Kier alpha value is -1.91. The topological polar surface area (TPSA) is 66.4 Å². The molecule has 0 aliphatic carbocycles. The fourth-order valence-corrected chi connectivity index (χ4v) is 2.01. The number of carbonyl (C=O) groups is 2. The van der Waals surface area contributed by atoms with Crippen LogP contribution in [0.5, 0.6) is 0 Å². The minimum absolute atomic E-state index is 0.0115. The van der Waals surface area contributed by atoms with Crippen LogP contribution >= 0.6 is 0 Å². The number of hydrogen-bond acceptors (Lipinski definition) is 2. The first-order valence-electron chi connectivity index (χ1n) is 6.83. The van der Waals surface area contributed by atoms with Crippen LogP contribution < -0.4 is 5.32 Å². The Morgan fingerprint density at radius 1 is 1.35 bits per heavy atom. The predicted octanol–water partition coefficient (Wildman–Crippen LogP) is 3.68. The van der Waals surface area contributed by atoms with Gasteiger partial charge in [-0.25, -0.2) is 9.18 Å². The van der Waals surface area contributed by atoms with Crippen molar-refractivity contribution < 1.29 is 19.1 Å². The summed E-state index contributed by atoms with van der Waals surface area (Å²) in [6.45, 7) is 3.95. The van der Waals surface area contributed by atoms with Crippen LogP contribution in [0.15, 0.2) is 18.2 Å². The van der Waals surface area contributed by atoms with E-state index >= 15 is 0 Å². The fraction of sp³-hybridized carbons (Fsp3) is 0.467. The van der Waals surface area contributed by atoms with Gasteiger partial charge in [0.15, 0.2) is 0 Å². The van der Waals surface area contributed by atoms with Gasteiger partial charge in [0, 0.05) is 5.92 Å². The second-order valence-corrected chi connectivity index (χ2v) is 4.73. The van der Waals surface area contributed by atoms with Crippen molar-refractivity contribution in [2.24, 2.45) is 5.92 Å². The third-order valence-electron chi connectivity index (χ3n) is 3.24. The Morgan fingerprint density at radius 2 is 2.05 bits per heavy atom. The average Bonchev–Trinajstić information content (AvgIpc) is 2.39. The minimum atomic E-state index is -1.19. The number of carboxylic acid groups (broad SMARTS) is 1. The Bertz CT molecular complexity index is 488. The summed E-state index contributed by atoms with van der Waals surface area (Å²) in [6.07, 6.45) is 3.34. The molecule has 0 radical (unpaired) electrons. The molecule has 0 heterocycles. The van der Waals surface area contributed by atoms with E-state index in [0.717, 1.165) is 37.5 Å². The van der Waals surface area contributed by atoms with E-state index in [2.05, 4.69) is 5.32 Å². The largest absolute Gasteiger partial charge is 0.478 e. The van der Waals surface area contributed by atoms with E-state index in [1.807, 2.05) is 13.8 Å². The number of benzene rings is 1.